The van der Waals surface area contributed by atoms with Gasteiger partial charge in [-0.05, 0) is 18.2 Å². The number of H-pyrrole nitrogens is 1. The molecule has 4 heteroatoms. The summed E-state index contributed by atoms with van der Waals surface area (Å²) in [5, 5.41) is 18.9. The van der Waals surface area contributed by atoms with E-state index in [-0.39, 0.29) is 5.88 Å². The number of para-hydroxylation sites is 1. The lowest BCUT2D eigenvalue weighted by molar-refractivity contribution is 0.459. The molecule has 1 heterocycles. The summed E-state index contributed by atoms with van der Waals surface area (Å²) in [4.78, 5) is 2.87. The second-order valence-corrected chi connectivity index (χ2v) is 3.90. The van der Waals surface area contributed by atoms with E-state index in [4.69, 9.17) is 0 Å². The van der Waals surface area contributed by atoms with E-state index in [9.17, 15) is 5.11 Å². The monoisotopic (exact) mass is 237 g/mol. The average Bonchev–Trinajstić information content (AvgIpc) is 2.73. The first-order valence-electron chi connectivity index (χ1n) is 5.61. The summed E-state index contributed by atoms with van der Waals surface area (Å²) in [7, 11) is 0. The minimum atomic E-state index is 0.0379. The van der Waals surface area contributed by atoms with Crippen LogP contribution in [0.15, 0.2) is 64.8 Å². The smallest absolute Gasteiger partial charge is 0.218 e. The number of fused-ring (bicyclic) bond motifs is 1. The average molecular weight is 237 g/mol. The highest BCUT2D eigenvalue weighted by Crippen LogP contribution is 2.35. The van der Waals surface area contributed by atoms with E-state index in [0.29, 0.717) is 5.69 Å². The Morgan fingerprint density at radius 3 is 2.39 bits per heavy atom. The normalized spacial score (nSPS) is 11.3. The molecule has 3 rings (SSSR count). The van der Waals surface area contributed by atoms with Gasteiger partial charge in [0.15, 0.2) is 5.69 Å². The second-order valence-electron chi connectivity index (χ2n) is 3.90. The van der Waals surface area contributed by atoms with Crippen LogP contribution in [0.4, 0.5) is 11.4 Å². The maximum atomic E-state index is 9.80. The molecule has 0 aliphatic heterocycles. The summed E-state index contributed by atoms with van der Waals surface area (Å²) in [5.41, 5.74) is 2.06. The number of hydrogen-bond acceptors (Lipinski definition) is 3. The van der Waals surface area contributed by atoms with Gasteiger partial charge in [-0.1, -0.05) is 36.4 Å². The van der Waals surface area contributed by atoms with E-state index in [0.717, 1.165) is 16.6 Å². The van der Waals surface area contributed by atoms with Crippen molar-refractivity contribution in [1.82, 2.24) is 4.98 Å². The van der Waals surface area contributed by atoms with Gasteiger partial charge < -0.3 is 10.1 Å². The van der Waals surface area contributed by atoms with Crippen LogP contribution in [-0.4, -0.2) is 10.1 Å². The second kappa shape index (κ2) is 4.33. The highest BCUT2D eigenvalue weighted by molar-refractivity contribution is 5.94. The molecule has 0 spiro atoms. The van der Waals surface area contributed by atoms with Crippen LogP contribution in [0, 0.1) is 0 Å². The van der Waals surface area contributed by atoms with Crippen LogP contribution in [0.1, 0.15) is 0 Å². The Morgan fingerprint density at radius 2 is 1.56 bits per heavy atom. The third-order valence-electron chi connectivity index (χ3n) is 2.68. The molecule has 88 valence electrons. The van der Waals surface area contributed by atoms with Crippen LogP contribution < -0.4 is 0 Å². The Labute approximate surface area is 104 Å². The van der Waals surface area contributed by atoms with E-state index in [1.807, 2.05) is 54.6 Å². The maximum Gasteiger partial charge on any atom is 0.218 e. The quantitative estimate of drug-likeness (QED) is 0.642. The highest BCUT2D eigenvalue weighted by Gasteiger charge is 2.08. The van der Waals surface area contributed by atoms with Gasteiger partial charge in [-0.2, -0.15) is 5.11 Å². The minimum absolute atomic E-state index is 0.0379. The lowest BCUT2D eigenvalue weighted by Gasteiger charge is -1.92. The van der Waals surface area contributed by atoms with E-state index in [1.54, 1.807) is 0 Å². The van der Waals surface area contributed by atoms with E-state index < -0.39 is 0 Å². The first-order valence-corrected chi connectivity index (χ1v) is 5.61. The van der Waals surface area contributed by atoms with Crippen LogP contribution in [-0.2, 0) is 0 Å². The van der Waals surface area contributed by atoms with Crippen molar-refractivity contribution in [2.75, 3.05) is 0 Å². The zero-order chi connectivity index (χ0) is 12.4. The number of aromatic hydroxyl groups is 1. The van der Waals surface area contributed by atoms with Crippen molar-refractivity contribution in [3.8, 4) is 5.88 Å². The number of aromatic nitrogens is 1. The zero-order valence-corrected chi connectivity index (χ0v) is 9.54. The molecular formula is C14H11N3O. The standard InChI is InChI=1S/C14H11N3O/c18-14-13(11-8-4-5-9-12(11)15-14)17-16-10-6-2-1-3-7-10/h1-9,15,18H/b17-16+. The van der Waals surface area contributed by atoms with Crippen molar-refractivity contribution in [1.29, 1.82) is 0 Å². The van der Waals surface area contributed by atoms with Crippen LogP contribution in [0.5, 0.6) is 5.88 Å². The molecule has 2 aromatic carbocycles. The molecular weight excluding hydrogens is 226 g/mol. The molecule has 0 radical (unpaired) electrons. The third kappa shape index (κ3) is 1.84. The van der Waals surface area contributed by atoms with Gasteiger partial charge in [-0.3, -0.25) is 0 Å². The summed E-state index contributed by atoms with van der Waals surface area (Å²) in [5.74, 6) is 0.0379. The Bertz CT molecular complexity index is 701. The SMILES string of the molecule is Oc1[nH]c2ccccc2c1/N=N/c1ccccc1. The maximum absolute atomic E-state index is 9.80. The predicted molar refractivity (Wildman–Crippen MR) is 70.6 cm³/mol. The van der Waals surface area contributed by atoms with Crippen molar-refractivity contribution < 1.29 is 5.11 Å². The summed E-state index contributed by atoms with van der Waals surface area (Å²) < 4.78 is 0. The Kier molecular flexibility index (Phi) is 2.53. The molecule has 0 amide bonds. The van der Waals surface area contributed by atoms with Gasteiger partial charge in [0.25, 0.3) is 0 Å². The molecule has 1 aromatic heterocycles. The molecule has 0 saturated carbocycles. The largest absolute Gasteiger partial charge is 0.493 e. The van der Waals surface area contributed by atoms with Crippen LogP contribution in [0.25, 0.3) is 10.9 Å². The molecule has 4 nitrogen and oxygen atoms in total. The van der Waals surface area contributed by atoms with Crippen LogP contribution in [0.3, 0.4) is 0 Å². The fraction of sp³-hybridized carbons (Fsp3) is 0. The fourth-order valence-electron chi connectivity index (χ4n) is 1.82. The van der Waals surface area contributed by atoms with Gasteiger partial charge in [0.05, 0.1) is 11.2 Å². The van der Waals surface area contributed by atoms with Gasteiger partial charge >= 0.3 is 0 Å². The third-order valence-corrected chi connectivity index (χ3v) is 2.68. The molecule has 0 atom stereocenters. The number of hydrogen-bond donors (Lipinski definition) is 2. The van der Waals surface area contributed by atoms with Crippen molar-refractivity contribution >= 4 is 22.3 Å². The van der Waals surface area contributed by atoms with E-state index in [2.05, 4.69) is 15.2 Å². The summed E-state index contributed by atoms with van der Waals surface area (Å²) in [6.45, 7) is 0. The molecule has 2 N–H and O–H groups in total. The van der Waals surface area contributed by atoms with Gasteiger partial charge in [0, 0.05) is 5.39 Å². The molecule has 0 unspecified atom stereocenters. The number of nitrogens with one attached hydrogen (secondary N) is 1. The first-order chi connectivity index (χ1) is 8.84. The van der Waals surface area contributed by atoms with E-state index >= 15 is 0 Å². The zero-order valence-electron chi connectivity index (χ0n) is 9.54. The van der Waals surface area contributed by atoms with Gasteiger partial charge in [-0.15, -0.1) is 5.11 Å². The lowest BCUT2D eigenvalue weighted by Crippen LogP contribution is -1.64. The Balaban J connectivity index is 2.05. The molecule has 0 saturated heterocycles. The summed E-state index contributed by atoms with van der Waals surface area (Å²) in [6.07, 6.45) is 0. The van der Waals surface area contributed by atoms with Crippen molar-refractivity contribution in [3.63, 3.8) is 0 Å². The lowest BCUT2D eigenvalue weighted by atomic mass is 10.2. The van der Waals surface area contributed by atoms with Gasteiger partial charge in [-0.25, -0.2) is 0 Å². The Morgan fingerprint density at radius 1 is 0.833 bits per heavy atom. The van der Waals surface area contributed by atoms with Gasteiger partial charge in [0.1, 0.15) is 0 Å². The molecule has 0 aliphatic rings. The Hall–Kier alpha value is -2.62. The predicted octanol–water partition coefficient (Wildman–Crippen LogP) is 4.29. The molecule has 0 aliphatic carbocycles. The fourth-order valence-corrected chi connectivity index (χ4v) is 1.82. The van der Waals surface area contributed by atoms with Crippen molar-refractivity contribution in [2.24, 2.45) is 10.2 Å². The van der Waals surface area contributed by atoms with Crippen molar-refractivity contribution in [2.45, 2.75) is 0 Å². The van der Waals surface area contributed by atoms with Crippen molar-refractivity contribution in [3.05, 3.63) is 54.6 Å². The molecule has 0 fully saturated rings. The first kappa shape index (κ1) is 10.5. The number of nitrogens with zero attached hydrogens (tertiary/aromatic N) is 2. The molecule has 18 heavy (non-hydrogen) atoms. The minimum Gasteiger partial charge on any atom is -0.493 e. The number of benzene rings is 2. The summed E-state index contributed by atoms with van der Waals surface area (Å²) in [6, 6.07) is 17.0. The highest BCUT2D eigenvalue weighted by atomic mass is 16.3. The topological polar surface area (TPSA) is 60.7 Å². The number of azo groups is 1. The number of rotatable bonds is 2. The summed E-state index contributed by atoms with van der Waals surface area (Å²) >= 11 is 0. The van der Waals surface area contributed by atoms with E-state index in [1.165, 1.54) is 0 Å². The van der Waals surface area contributed by atoms with Crippen LogP contribution in [0.2, 0.25) is 0 Å². The van der Waals surface area contributed by atoms with Gasteiger partial charge in [0.2, 0.25) is 5.88 Å². The number of aromatic amines is 1. The van der Waals surface area contributed by atoms with Crippen LogP contribution >= 0.6 is 0 Å². The molecule has 3 aromatic rings. The molecule has 0 bridgehead atoms.